The molecular formula is C11H21NO3S. The molecule has 0 saturated heterocycles. The quantitative estimate of drug-likeness (QED) is 0.733. The number of fused-ring (bicyclic) bond motifs is 2. The van der Waals surface area contributed by atoms with Gasteiger partial charge in [-0.2, -0.15) is 8.42 Å². The molecule has 0 aliphatic heterocycles. The Hall–Kier alpha value is -0.130. The molecule has 0 amide bonds. The van der Waals surface area contributed by atoms with E-state index in [1.165, 1.54) is 19.3 Å². The van der Waals surface area contributed by atoms with Gasteiger partial charge in [-0.3, -0.25) is 4.55 Å². The van der Waals surface area contributed by atoms with E-state index in [0.29, 0.717) is 11.8 Å². The maximum Gasteiger partial charge on any atom is 0.269 e. The predicted molar refractivity (Wildman–Crippen MR) is 62.5 cm³/mol. The average Bonchev–Trinajstić information content (AvgIpc) is 2.76. The van der Waals surface area contributed by atoms with Crippen LogP contribution in [-0.2, 0) is 10.1 Å². The molecule has 3 N–H and O–H groups in total. The molecule has 4 nitrogen and oxygen atoms in total. The van der Waals surface area contributed by atoms with E-state index < -0.39 is 15.4 Å². The Morgan fingerprint density at radius 1 is 1.38 bits per heavy atom. The summed E-state index contributed by atoms with van der Waals surface area (Å²) in [5, 5.41) is -0.781. The highest BCUT2D eigenvalue weighted by Crippen LogP contribution is 2.51. The van der Waals surface area contributed by atoms with Gasteiger partial charge >= 0.3 is 0 Å². The molecule has 2 saturated carbocycles. The zero-order chi connectivity index (χ0) is 11.9. The van der Waals surface area contributed by atoms with Crippen LogP contribution in [0.5, 0.6) is 0 Å². The standard InChI is InChI=1S/C11H21NO3S/c1-7(11(6-12)16(13,14)15)10-5-8-2-3-9(10)4-8/h7-11H,2-6,12H2,1H3,(H,13,14,15). The van der Waals surface area contributed by atoms with Crippen LogP contribution >= 0.6 is 0 Å². The van der Waals surface area contributed by atoms with Gasteiger partial charge in [0.2, 0.25) is 0 Å². The second kappa shape index (κ2) is 4.27. The van der Waals surface area contributed by atoms with E-state index in [1.54, 1.807) is 0 Å². The fraction of sp³-hybridized carbons (Fsp3) is 1.00. The van der Waals surface area contributed by atoms with Crippen LogP contribution in [0.25, 0.3) is 0 Å². The highest BCUT2D eigenvalue weighted by molar-refractivity contribution is 7.86. The van der Waals surface area contributed by atoms with Crippen LogP contribution in [0.15, 0.2) is 0 Å². The molecule has 2 aliphatic carbocycles. The third-order valence-corrected chi connectivity index (χ3v) is 6.06. The summed E-state index contributed by atoms with van der Waals surface area (Å²) in [6, 6.07) is 0. The van der Waals surface area contributed by atoms with E-state index >= 15 is 0 Å². The Labute approximate surface area is 97.3 Å². The van der Waals surface area contributed by atoms with Crippen molar-refractivity contribution in [2.75, 3.05) is 6.54 Å². The van der Waals surface area contributed by atoms with Gasteiger partial charge in [0, 0.05) is 6.54 Å². The van der Waals surface area contributed by atoms with Crippen molar-refractivity contribution >= 4 is 10.1 Å². The van der Waals surface area contributed by atoms with Crippen molar-refractivity contribution in [3.8, 4) is 0 Å². The first-order chi connectivity index (χ1) is 7.43. The van der Waals surface area contributed by atoms with Crippen molar-refractivity contribution in [3.05, 3.63) is 0 Å². The molecule has 5 atom stereocenters. The molecule has 0 spiro atoms. The minimum absolute atomic E-state index is 0.0182. The third kappa shape index (κ3) is 2.13. The van der Waals surface area contributed by atoms with E-state index in [1.807, 2.05) is 6.92 Å². The van der Waals surface area contributed by atoms with Crippen LogP contribution in [-0.4, -0.2) is 24.8 Å². The molecule has 0 aromatic rings. The van der Waals surface area contributed by atoms with Crippen molar-refractivity contribution in [2.45, 2.75) is 37.9 Å². The molecule has 2 fully saturated rings. The van der Waals surface area contributed by atoms with Crippen molar-refractivity contribution in [1.82, 2.24) is 0 Å². The van der Waals surface area contributed by atoms with E-state index in [9.17, 15) is 13.0 Å². The van der Waals surface area contributed by atoms with Gasteiger partial charge in [0.15, 0.2) is 0 Å². The summed E-state index contributed by atoms with van der Waals surface area (Å²) in [6.07, 6.45) is 4.89. The van der Waals surface area contributed by atoms with Crippen molar-refractivity contribution in [1.29, 1.82) is 0 Å². The van der Waals surface area contributed by atoms with Crippen molar-refractivity contribution < 1.29 is 13.0 Å². The molecule has 2 bridgehead atoms. The molecule has 16 heavy (non-hydrogen) atoms. The molecule has 0 aromatic heterocycles. The first-order valence-corrected chi connectivity index (χ1v) is 7.60. The summed E-state index contributed by atoms with van der Waals surface area (Å²) >= 11 is 0. The van der Waals surface area contributed by atoms with Gasteiger partial charge < -0.3 is 5.73 Å². The fourth-order valence-electron chi connectivity index (χ4n) is 3.82. The highest BCUT2D eigenvalue weighted by Gasteiger charge is 2.45. The second-order valence-corrected chi connectivity index (χ2v) is 7.12. The summed E-state index contributed by atoms with van der Waals surface area (Å²) < 4.78 is 31.7. The lowest BCUT2D eigenvalue weighted by Gasteiger charge is -2.31. The number of hydrogen-bond donors (Lipinski definition) is 2. The van der Waals surface area contributed by atoms with Crippen LogP contribution in [0.3, 0.4) is 0 Å². The molecule has 2 rings (SSSR count). The van der Waals surface area contributed by atoms with Crippen LogP contribution in [0.1, 0.15) is 32.6 Å². The van der Waals surface area contributed by atoms with Gasteiger partial charge in [0.05, 0.1) is 0 Å². The highest BCUT2D eigenvalue weighted by atomic mass is 32.2. The Morgan fingerprint density at radius 3 is 2.44 bits per heavy atom. The maximum atomic E-state index is 11.2. The lowest BCUT2D eigenvalue weighted by atomic mass is 9.78. The third-order valence-electron chi connectivity index (χ3n) is 4.67. The van der Waals surface area contributed by atoms with Gasteiger partial charge in [0.25, 0.3) is 10.1 Å². The van der Waals surface area contributed by atoms with Crippen LogP contribution in [0, 0.1) is 23.7 Å². The summed E-state index contributed by atoms with van der Waals surface area (Å²) in [5.41, 5.74) is 5.49. The Bertz CT molecular complexity index is 354. The van der Waals surface area contributed by atoms with E-state index in [0.717, 1.165) is 12.3 Å². The van der Waals surface area contributed by atoms with E-state index in [4.69, 9.17) is 5.73 Å². The molecule has 5 heteroatoms. The zero-order valence-electron chi connectivity index (χ0n) is 9.67. The van der Waals surface area contributed by atoms with Crippen LogP contribution < -0.4 is 5.73 Å². The summed E-state index contributed by atoms with van der Waals surface area (Å²) in [7, 11) is -3.99. The maximum absolute atomic E-state index is 11.2. The Balaban J connectivity index is 2.09. The minimum Gasteiger partial charge on any atom is -0.329 e. The first kappa shape index (κ1) is 12.3. The minimum atomic E-state index is -3.99. The summed E-state index contributed by atoms with van der Waals surface area (Å²) in [5.74, 6) is 1.87. The van der Waals surface area contributed by atoms with Gasteiger partial charge in [0.1, 0.15) is 5.25 Å². The summed E-state index contributed by atoms with van der Waals surface area (Å²) in [6.45, 7) is 1.95. The first-order valence-electron chi connectivity index (χ1n) is 6.09. The van der Waals surface area contributed by atoms with E-state index in [-0.39, 0.29) is 12.5 Å². The topological polar surface area (TPSA) is 80.4 Å². The lowest BCUT2D eigenvalue weighted by Crippen LogP contribution is -2.40. The molecular weight excluding hydrogens is 226 g/mol. The van der Waals surface area contributed by atoms with Crippen LogP contribution in [0.2, 0.25) is 0 Å². The Morgan fingerprint density at radius 2 is 2.06 bits per heavy atom. The summed E-state index contributed by atoms with van der Waals surface area (Å²) in [4.78, 5) is 0. The largest absolute Gasteiger partial charge is 0.329 e. The SMILES string of the molecule is CC(C1CC2CCC1C2)C(CN)S(=O)(=O)O. The lowest BCUT2D eigenvalue weighted by molar-refractivity contribution is 0.230. The second-order valence-electron chi connectivity index (χ2n) is 5.49. The zero-order valence-corrected chi connectivity index (χ0v) is 10.5. The molecule has 5 unspecified atom stereocenters. The molecule has 2 aliphatic rings. The average molecular weight is 247 g/mol. The monoisotopic (exact) mass is 247 g/mol. The predicted octanol–water partition coefficient (Wildman–Crippen LogP) is 1.27. The number of rotatable bonds is 4. The molecule has 0 heterocycles. The van der Waals surface area contributed by atoms with Gasteiger partial charge in [-0.05, 0) is 42.9 Å². The molecule has 0 radical (unpaired) electrons. The normalized spacial score (nSPS) is 37.6. The van der Waals surface area contributed by atoms with Crippen molar-refractivity contribution in [2.24, 2.45) is 29.4 Å². The van der Waals surface area contributed by atoms with Gasteiger partial charge in [-0.25, -0.2) is 0 Å². The number of hydrogen-bond acceptors (Lipinski definition) is 3. The van der Waals surface area contributed by atoms with E-state index in [2.05, 4.69) is 0 Å². The van der Waals surface area contributed by atoms with Gasteiger partial charge in [-0.15, -0.1) is 0 Å². The molecule has 94 valence electrons. The van der Waals surface area contributed by atoms with Gasteiger partial charge in [-0.1, -0.05) is 13.3 Å². The van der Waals surface area contributed by atoms with Crippen LogP contribution in [0.4, 0.5) is 0 Å². The number of nitrogens with two attached hydrogens (primary N) is 1. The fourth-order valence-corrected chi connectivity index (χ4v) is 4.81. The van der Waals surface area contributed by atoms with Crippen molar-refractivity contribution in [3.63, 3.8) is 0 Å². The Kier molecular flexibility index (Phi) is 3.29. The smallest absolute Gasteiger partial charge is 0.269 e. The molecule has 0 aromatic carbocycles.